The molecule has 0 saturated carbocycles. The molecule has 0 heterocycles. The highest BCUT2D eigenvalue weighted by Gasteiger charge is 2.11. The highest BCUT2D eigenvalue weighted by Crippen LogP contribution is 2.24. The third-order valence-corrected chi connectivity index (χ3v) is 3.91. The minimum Gasteiger partial charge on any atom is -0.434 e. The Bertz CT molecular complexity index is 772. The van der Waals surface area contributed by atoms with E-state index in [0.29, 0.717) is 29.7 Å². The highest BCUT2D eigenvalue weighted by molar-refractivity contribution is 6.30. The van der Waals surface area contributed by atoms with Gasteiger partial charge in [-0.3, -0.25) is 4.99 Å². The van der Waals surface area contributed by atoms with Crippen molar-refractivity contribution in [3.05, 3.63) is 64.2 Å². The molecule has 8 heteroatoms. The zero-order valence-electron chi connectivity index (χ0n) is 15.1. The molecular formula is C19H22ClF2N3O2. The van der Waals surface area contributed by atoms with E-state index in [9.17, 15) is 8.78 Å². The van der Waals surface area contributed by atoms with Gasteiger partial charge in [-0.1, -0.05) is 35.9 Å². The van der Waals surface area contributed by atoms with Crippen LogP contribution in [0.2, 0.25) is 5.02 Å². The molecule has 0 saturated heterocycles. The Morgan fingerprint density at radius 2 is 1.85 bits per heavy atom. The van der Waals surface area contributed by atoms with Crippen LogP contribution >= 0.6 is 11.6 Å². The van der Waals surface area contributed by atoms with E-state index in [1.54, 1.807) is 20.2 Å². The Morgan fingerprint density at radius 1 is 1.11 bits per heavy atom. The lowest BCUT2D eigenvalue weighted by molar-refractivity contribution is -0.0504. The number of methoxy groups -OCH3 is 1. The second-order valence-corrected chi connectivity index (χ2v) is 6.10. The molecule has 2 aromatic rings. The summed E-state index contributed by atoms with van der Waals surface area (Å²) in [4.78, 5) is 4.14. The number of nitrogens with zero attached hydrogens (tertiary/aromatic N) is 1. The number of halogens is 3. The maximum absolute atomic E-state index is 12.5. The summed E-state index contributed by atoms with van der Waals surface area (Å²) < 4.78 is 34.7. The largest absolute Gasteiger partial charge is 0.434 e. The Morgan fingerprint density at radius 3 is 2.56 bits per heavy atom. The summed E-state index contributed by atoms with van der Waals surface area (Å²) in [5, 5.41) is 6.68. The molecule has 0 spiro atoms. The molecule has 0 fully saturated rings. The van der Waals surface area contributed by atoms with Gasteiger partial charge in [0.05, 0.1) is 6.61 Å². The van der Waals surface area contributed by atoms with Crippen LogP contribution in [0.3, 0.4) is 0 Å². The van der Waals surface area contributed by atoms with Gasteiger partial charge >= 0.3 is 6.61 Å². The first kappa shape index (κ1) is 20.9. The number of ether oxygens (including phenoxy) is 2. The maximum Gasteiger partial charge on any atom is 0.387 e. The molecule has 0 bridgehead atoms. The molecule has 0 unspecified atom stereocenters. The Hall–Kier alpha value is -2.38. The lowest BCUT2D eigenvalue weighted by Gasteiger charge is -2.15. The molecule has 2 N–H and O–H groups in total. The first-order chi connectivity index (χ1) is 13.0. The average Bonchev–Trinajstić information content (AvgIpc) is 2.64. The third kappa shape index (κ3) is 7.03. The van der Waals surface area contributed by atoms with Gasteiger partial charge in [0.2, 0.25) is 0 Å². The molecular weight excluding hydrogens is 376 g/mol. The van der Waals surface area contributed by atoms with Crippen molar-refractivity contribution in [1.29, 1.82) is 0 Å². The minimum absolute atomic E-state index is 0.0737. The van der Waals surface area contributed by atoms with Crippen LogP contribution in [0.25, 0.3) is 0 Å². The van der Waals surface area contributed by atoms with Gasteiger partial charge in [0, 0.05) is 37.8 Å². The summed E-state index contributed by atoms with van der Waals surface area (Å²) in [5.41, 5.74) is 2.65. The smallest absolute Gasteiger partial charge is 0.387 e. The SMILES string of the molecule is CN=C(NCc1cccc(COC)c1)NCc1cc(Cl)ccc1OC(F)F. The van der Waals surface area contributed by atoms with Crippen molar-refractivity contribution in [2.75, 3.05) is 14.2 Å². The molecule has 0 atom stereocenters. The van der Waals surface area contributed by atoms with Gasteiger partial charge in [-0.15, -0.1) is 0 Å². The Labute approximate surface area is 162 Å². The van der Waals surface area contributed by atoms with Gasteiger partial charge in [0.15, 0.2) is 5.96 Å². The Balaban J connectivity index is 1.96. The van der Waals surface area contributed by atoms with E-state index in [1.165, 1.54) is 12.1 Å². The summed E-state index contributed by atoms with van der Waals surface area (Å²) in [5.74, 6) is 0.597. The molecule has 0 aromatic heterocycles. The van der Waals surface area contributed by atoms with Crippen molar-refractivity contribution in [2.24, 2.45) is 4.99 Å². The highest BCUT2D eigenvalue weighted by atomic mass is 35.5. The quantitative estimate of drug-likeness (QED) is 0.523. The van der Waals surface area contributed by atoms with Crippen molar-refractivity contribution in [1.82, 2.24) is 10.6 Å². The van der Waals surface area contributed by atoms with Gasteiger partial charge in [0.1, 0.15) is 5.75 Å². The summed E-state index contributed by atoms with van der Waals surface area (Å²) in [6.45, 7) is -1.58. The lowest BCUT2D eigenvalue weighted by Crippen LogP contribution is -2.36. The van der Waals surface area contributed by atoms with E-state index in [0.717, 1.165) is 11.1 Å². The number of alkyl halides is 2. The molecule has 0 aliphatic rings. The fourth-order valence-electron chi connectivity index (χ4n) is 2.48. The normalized spacial score (nSPS) is 11.6. The van der Waals surface area contributed by atoms with E-state index in [1.807, 2.05) is 24.3 Å². The lowest BCUT2D eigenvalue weighted by atomic mass is 10.1. The van der Waals surface area contributed by atoms with Gasteiger partial charge < -0.3 is 20.1 Å². The molecule has 2 rings (SSSR count). The summed E-state index contributed by atoms with van der Waals surface area (Å²) in [7, 11) is 3.28. The molecule has 27 heavy (non-hydrogen) atoms. The monoisotopic (exact) mass is 397 g/mol. The van der Waals surface area contributed by atoms with Crippen LogP contribution in [0.1, 0.15) is 16.7 Å². The predicted molar refractivity (Wildman–Crippen MR) is 102 cm³/mol. The van der Waals surface area contributed by atoms with Gasteiger partial charge in [-0.2, -0.15) is 8.78 Å². The summed E-state index contributed by atoms with van der Waals surface area (Å²) in [6, 6.07) is 12.5. The van der Waals surface area contributed by atoms with Crippen LogP contribution in [0, 0.1) is 0 Å². The molecule has 0 radical (unpaired) electrons. The van der Waals surface area contributed by atoms with E-state index in [2.05, 4.69) is 20.4 Å². The van der Waals surface area contributed by atoms with Crippen LogP contribution in [-0.2, 0) is 24.4 Å². The topological polar surface area (TPSA) is 54.9 Å². The van der Waals surface area contributed by atoms with Gasteiger partial charge in [-0.25, -0.2) is 0 Å². The minimum atomic E-state index is -2.90. The van der Waals surface area contributed by atoms with Gasteiger partial charge in [-0.05, 0) is 29.3 Å². The molecule has 0 amide bonds. The number of benzene rings is 2. The van der Waals surface area contributed by atoms with E-state index in [4.69, 9.17) is 16.3 Å². The number of aliphatic imine (C=N–C) groups is 1. The fraction of sp³-hybridized carbons (Fsp3) is 0.316. The van der Waals surface area contributed by atoms with E-state index in [-0.39, 0.29) is 12.3 Å². The fourth-order valence-corrected chi connectivity index (χ4v) is 2.67. The van der Waals surface area contributed by atoms with Gasteiger partial charge in [0.25, 0.3) is 0 Å². The van der Waals surface area contributed by atoms with Crippen molar-refractivity contribution < 1.29 is 18.3 Å². The summed E-state index contributed by atoms with van der Waals surface area (Å²) >= 11 is 5.96. The van der Waals surface area contributed by atoms with E-state index < -0.39 is 6.61 Å². The van der Waals surface area contributed by atoms with Crippen LogP contribution in [-0.4, -0.2) is 26.7 Å². The van der Waals surface area contributed by atoms with Crippen molar-refractivity contribution in [2.45, 2.75) is 26.3 Å². The standard InChI is InChI=1S/C19H22ClF2N3O2/c1-23-19(24-10-13-4-3-5-14(8-13)12-26-2)25-11-15-9-16(20)6-7-17(15)27-18(21)22/h3-9,18H,10-12H2,1-2H3,(H2,23,24,25). The number of hydrogen-bond donors (Lipinski definition) is 2. The molecule has 2 aromatic carbocycles. The molecule has 0 aliphatic heterocycles. The van der Waals surface area contributed by atoms with Crippen molar-refractivity contribution in [3.63, 3.8) is 0 Å². The third-order valence-electron chi connectivity index (χ3n) is 3.67. The molecule has 5 nitrogen and oxygen atoms in total. The van der Waals surface area contributed by atoms with Crippen LogP contribution < -0.4 is 15.4 Å². The maximum atomic E-state index is 12.5. The second kappa shape index (κ2) is 10.7. The summed E-state index contributed by atoms with van der Waals surface area (Å²) in [6.07, 6.45) is 0. The second-order valence-electron chi connectivity index (χ2n) is 5.66. The number of nitrogens with one attached hydrogen (secondary N) is 2. The first-order valence-corrected chi connectivity index (χ1v) is 8.64. The zero-order valence-corrected chi connectivity index (χ0v) is 15.9. The van der Waals surface area contributed by atoms with Crippen LogP contribution in [0.15, 0.2) is 47.5 Å². The number of hydrogen-bond acceptors (Lipinski definition) is 3. The zero-order chi connectivity index (χ0) is 19.6. The first-order valence-electron chi connectivity index (χ1n) is 8.26. The number of rotatable bonds is 8. The van der Waals surface area contributed by atoms with Crippen molar-refractivity contribution >= 4 is 17.6 Å². The predicted octanol–water partition coefficient (Wildman–Crippen LogP) is 3.95. The van der Waals surface area contributed by atoms with Crippen LogP contribution in [0.5, 0.6) is 5.75 Å². The Kier molecular flexibility index (Phi) is 8.29. The van der Waals surface area contributed by atoms with Crippen molar-refractivity contribution in [3.8, 4) is 5.75 Å². The number of guanidine groups is 1. The molecule has 0 aliphatic carbocycles. The average molecular weight is 398 g/mol. The van der Waals surface area contributed by atoms with Crippen LogP contribution in [0.4, 0.5) is 8.78 Å². The molecule has 146 valence electrons. The van der Waals surface area contributed by atoms with E-state index >= 15 is 0 Å².